The second-order valence-electron chi connectivity index (χ2n) is 4.33. The smallest absolute Gasteiger partial charge is 0.315 e. The molecule has 0 aliphatic carbocycles. The predicted octanol–water partition coefficient (Wildman–Crippen LogP) is 3.40. The van der Waals surface area contributed by atoms with Crippen LogP contribution in [0, 0.1) is 0 Å². The normalized spacial score (nSPS) is 11.9. The fourth-order valence-corrected chi connectivity index (χ4v) is 2.83. The van der Waals surface area contributed by atoms with E-state index in [0.717, 1.165) is 21.3 Å². The van der Waals surface area contributed by atoms with E-state index < -0.39 is 0 Å². The Morgan fingerprint density at radius 1 is 1.40 bits per heavy atom. The van der Waals surface area contributed by atoms with Crippen molar-refractivity contribution >= 4 is 29.0 Å². The molecule has 0 unspecified atom stereocenters. The minimum absolute atomic E-state index is 0.118. The topological polar surface area (TPSA) is 54.0 Å². The lowest BCUT2D eigenvalue weighted by Crippen LogP contribution is -2.38. The Morgan fingerprint density at radius 2 is 2.25 bits per heavy atom. The fraction of sp³-hybridized carbons (Fsp3) is 0.286. The average Bonchev–Trinajstić information content (AvgIpc) is 2.85. The van der Waals surface area contributed by atoms with E-state index in [2.05, 4.69) is 15.6 Å². The van der Waals surface area contributed by atoms with Crippen molar-refractivity contribution in [3.8, 4) is 0 Å². The lowest BCUT2D eigenvalue weighted by Gasteiger charge is -2.13. The van der Waals surface area contributed by atoms with Gasteiger partial charge in [0.15, 0.2) is 0 Å². The second kappa shape index (κ2) is 7.26. The Hall–Kier alpha value is -1.59. The molecule has 0 saturated heterocycles. The lowest BCUT2D eigenvalue weighted by molar-refractivity contribution is 0.238. The van der Waals surface area contributed by atoms with Gasteiger partial charge in [-0.3, -0.25) is 4.98 Å². The predicted molar refractivity (Wildman–Crippen MR) is 82.2 cm³/mol. The number of nitrogens with zero attached hydrogens (tertiary/aromatic N) is 1. The zero-order valence-corrected chi connectivity index (χ0v) is 12.7. The molecule has 4 nitrogen and oxygen atoms in total. The minimum Gasteiger partial charge on any atom is -0.338 e. The van der Waals surface area contributed by atoms with Gasteiger partial charge < -0.3 is 10.6 Å². The third kappa shape index (κ3) is 4.51. The van der Waals surface area contributed by atoms with E-state index >= 15 is 0 Å². The highest BCUT2D eigenvalue weighted by Crippen LogP contribution is 2.21. The molecule has 0 aromatic carbocycles. The largest absolute Gasteiger partial charge is 0.338 e. The summed E-state index contributed by atoms with van der Waals surface area (Å²) in [6, 6.07) is 9.17. The van der Waals surface area contributed by atoms with Gasteiger partial charge in [0.05, 0.1) is 16.1 Å². The van der Waals surface area contributed by atoms with Crippen LogP contribution in [0.15, 0.2) is 36.5 Å². The third-order valence-electron chi connectivity index (χ3n) is 2.76. The molecule has 2 N–H and O–H groups in total. The van der Waals surface area contributed by atoms with Crippen LogP contribution >= 0.6 is 22.9 Å². The lowest BCUT2D eigenvalue weighted by atomic mass is 10.2. The molecule has 0 aliphatic heterocycles. The van der Waals surface area contributed by atoms with Crippen LogP contribution in [0.25, 0.3) is 0 Å². The van der Waals surface area contributed by atoms with Gasteiger partial charge in [-0.25, -0.2) is 4.79 Å². The summed E-state index contributed by atoms with van der Waals surface area (Å²) in [4.78, 5) is 17.1. The summed E-state index contributed by atoms with van der Waals surface area (Å²) in [5, 5.41) is 5.68. The van der Waals surface area contributed by atoms with E-state index in [4.69, 9.17) is 11.6 Å². The summed E-state index contributed by atoms with van der Waals surface area (Å²) in [6.07, 6.45) is 2.49. The molecule has 0 spiro atoms. The molecular formula is C14H16ClN3OS. The zero-order valence-electron chi connectivity index (χ0n) is 11.1. The van der Waals surface area contributed by atoms with Gasteiger partial charge in [-0.05, 0) is 37.6 Å². The number of thiophene rings is 1. The van der Waals surface area contributed by atoms with Gasteiger partial charge >= 0.3 is 6.03 Å². The van der Waals surface area contributed by atoms with Crippen LogP contribution in [0.5, 0.6) is 0 Å². The van der Waals surface area contributed by atoms with Gasteiger partial charge in [0.1, 0.15) is 0 Å². The van der Waals surface area contributed by atoms with Crippen LogP contribution in [0.2, 0.25) is 4.34 Å². The van der Waals surface area contributed by atoms with Crippen LogP contribution < -0.4 is 10.6 Å². The third-order valence-corrected chi connectivity index (χ3v) is 4.06. The van der Waals surface area contributed by atoms with Gasteiger partial charge in [-0.1, -0.05) is 17.7 Å². The number of carbonyl (C=O) groups is 1. The molecule has 2 amide bonds. The Balaban J connectivity index is 1.73. The summed E-state index contributed by atoms with van der Waals surface area (Å²) < 4.78 is 0.772. The van der Waals surface area contributed by atoms with Crippen LogP contribution in [-0.2, 0) is 6.42 Å². The summed E-state index contributed by atoms with van der Waals surface area (Å²) in [5.41, 5.74) is 0.840. The van der Waals surface area contributed by atoms with E-state index in [1.165, 1.54) is 11.3 Å². The van der Waals surface area contributed by atoms with Crippen LogP contribution in [0.1, 0.15) is 23.5 Å². The second-order valence-corrected chi connectivity index (χ2v) is 6.13. The number of halogens is 1. The Bertz CT molecular complexity index is 559. The van der Waals surface area contributed by atoms with Crippen molar-refractivity contribution in [2.75, 3.05) is 6.54 Å². The van der Waals surface area contributed by atoms with Crippen LogP contribution in [0.4, 0.5) is 4.79 Å². The molecule has 20 heavy (non-hydrogen) atoms. The molecular weight excluding hydrogens is 294 g/mol. The molecule has 0 bridgehead atoms. The van der Waals surface area contributed by atoms with Crippen molar-refractivity contribution in [3.63, 3.8) is 0 Å². The van der Waals surface area contributed by atoms with Crippen molar-refractivity contribution in [2.45, 2.75) is 19.4 Å². The van der Waals surface area contributed by atoms with Crippen molar-refractivity contribution in [2.24, 2.45) is 0 Å². The first-order valence-electron chi connectivity index (χ1n) is 6.34. The molecule has 1 atom stereocenters. The van der Waals surface area contributed by atoms with Gasteiger partial charge in [-0.2, -0.15) is 0 Å². The van der Waals surface area contributed by atoms with E-state index in [-0.39, 0.29) is 12.1 Å². The van der Waals surface area contributed by atoms with Crippen molar-refractivity contribution < 1.29 is 4.79 Å². The van der Waals surface area contributed by atoms with Gasteiger partial charge in [0.2, 0.25) is 0 Å². The summed E-state index contributed by atoms with van der Waals surface area (Å²) in [5.74, 6) is 0. The Labute approximate surface area is 127 Å². The van der Waals surface area contributed by atoms with Crippen molar-refractivity contribution in [1.29, 1.82) is 0 Å². The van der Waals surface area contributed by atoms with Crippen molar-refractivity contribution in [3.05, 3.63) is 51.4 Å². The first kappa shape index (κ1) is 14.8. The van der Waals surface area contributed by atoms with E-state index in [1.54, 1.807) is 6.20 Å². The van der Waals surface area contributed by atoms with Gasteiger partial charge in [0.25, 0.3) is 0 Å². The number of amides is 2. The van der Waals surface area contributed by atoms with E-state index in [1.807, 2.05) is 37.3 Å². The zero-order chi connectivity index (χ0) is 14.4. The summed E-state index contributed by atoms with van der Waals surface area (Å²) >= 11 is 7.38. The molecule has 6 heteroatoms. The average molecular weight is 310 g/mol. The molecule has 2 rings (SSSR count). The number of hydrogen-bond acceptors (Lipinski definition) is 3. The maximum atomic E-state index is 11.7. The molecule has 0 saturated carbocycles. The standard InChI is InChI=1S/C14H16ClN3OS/c1-10(12-4-2-3-8-16-12)18-14(19)17-9-7-11-5-6-13(15)20-11/h2-6,8,10H,7,9H2,1H3,(H2,17,18,19)/t10-/m0/s1. The molecule has 106 valence electrons. The molecule has 0 radical (unpaired) electrons. The molecule has 2 heterocycles. The Kier molecular flexibility index (Phi) is 5.38. The Morgan fingerprint density at radius 3 is 2.90 bits per heavy atom. The quantitative estimate of drug-likeness (QED) is 0.889. The fourth-order valence-electron chi connectivity index (χ4n) is 1.74. The van der Waals surface area contributed by atoms with E-state index in [0.29, 0.717) is 6.54 Å². The SMILES string of the molecule is C[C@H](NC(=O)NCCc1ccc(Cl)s1)c1ccccn1. The van der Waals surface area contributed by atoms with Gasteiger partial charge in [0, 0.05) is 17.6 Å². The molecule has 2 aromatic heterocycles. The summed E-state index contributed by atoms with van der Waals surface area (Å²) in [6.45, 7) is 2.48. The molecule has 2 aromatic rings. The maximum Gasteiger partial charge on any atom is 0.315 e. The molecule has 0 aliphatic rings. The number of nitrogens with one attached hydrogen (secondary N) is 2. The number of aromatic nitrogens is 1. The van der Waals surface area contributed by atoms with Gasteiger partial charge in [-0.15, -0.1) is 11.3 Å². The summed E-state index contributed by atoms with van der Waals surface area (Å²) in [7, 11) is 0. The van der Waals surface area contributed by atoms with E-state index in [9.17, 15) is 4.79 Å². The number of pyridine rings is 1. The highest BCUT2D eigenvalue weighted by Gasteiger charge is 2.09. The number of hydrogen-bond donors (Lipinski definition) is 2. The highest BCUT2D eigenvalue weighted by atomic mass is 35.5. The highest BCUT2D eigenvalue weighted by molar-refractivity contribution is 7.16. The molecule has 0 fully saturated rings. The number of urea groups is 1. The number of rotatable bonds is 5. The van der Waals surface area contributed by atoms with Crippen molar-refractivity contribution in [1.82, 2.24) is 15.6 Å². The monoisotopic (exact) mass is 309 g/mol. The maximum absolute atomic E-state index is 11.7. The first-order chi connectivity index (χ1) is 9.65. The van der Waals surface area contributed by atoms with Crippen LogP contribution in [-0.4, -0.2) is 17.6 Å². The number of carbonyl (C=O) groups excluding carboxylic acids is 1. The van der Waals surface area contributed by atoms with Crippen LogP contribution in [0.3, 0.4) is 0 Å². The minimum atomic E-state index is -0.189. The first-order valence-corrected chi connectivity index (χ1v) is 7.54.